The fraction of sp³-hybridized carbons (Fsp3) is 0.611. The normalized spacial score (nSPS) is 24.2. The molecule has 0 aromatic heterocycles. The topological polar surface area (TPSA) is 75.7 Å². The van der Waals surface area contributed by atoms with Crippen LogP contribution in [0.3, 0.4) is 0 Å². The molecular formula is C18H26N2O4S. The number of benzene rings is 1. The van der Waals surface area contributed by atoms with Crippen molar-refractivity contribution in [3.05, 3.63) is 35.4 Å². The van der Waals surface area contributed by atoms with Crippen LogP contribution in [0.2, 0.25) is 0 Å². The molecule has 1 saturated carbocycles. The number of piperidine rings is 1. The first kappa shape index (κ1) is 18.2. The van der Waals surface area contributed by atoms with Gasteiger partial charge in [-0.3, -0.25) is 0 Å². The molecule has 1 aliphatic carbocycles. The first-order chi connectivity index (χ1) is 11.9. The number of sulfonamides is 1. The highest BCUT2D eigenvalue weighted by atomic mass is 32.2. The van der Waals surface area contributed by atoms with Crippen LogP contribution in [0.5, 0.6) is 0 Å². The number of nitrogens with one attached hydrogen (secondary N) is 1. The number of rotatable bonds is 5. The second-order valence-corrected chi connectivity index (χ2v) is 8.87. The van der Waals surface area contributed by atoms with Crippen molar-refractivity contribution in [2.75, 3.05) is 19.9 Å². The first-order valence-corrected chi connectivity index (χ1v) is 10.7. The van der Waals surface area contributed by atoms with Crippen LogP contribution < -0.4 is 4.72 Å². The Hall–Kier alpha value is -1.60. The van der Waals surface area contributed by atoms with Crippen molar-refractivity contribution in [1.82, 2.24) is 9.62 Å². The fourth-order valence-corrected chi connectivity index (χ4v) is 4.52. The Bertz CT molecular complexity index is 730. The third-order valence-corrected chi connectivity index (χ3v) is 5.73. The van der Waals surface area contributed by atoms with E-state index in [2.05, 4.69) is 16.9 Å². The van der Waals surface area contributed by atoms with E-state index in [1.165, 1.54) is 25.5 Å². The Kier molecular flexibility index (Phi) is 5.34. The van der Waals surface area contributed by atoms with E-state index in [-0.39, 0.29) is 12.1 Å². The molecule has 1 N–H and O–H groups in total. The summed E-state index contributed by atoms with van der Waals surface area (Å²) in [5.41, 5.74) is 2.47. The van der Waals surface area contributed by atoms with E-state index in [0.717, 1.165) is 18.2 Å². The Labute approximate surface area is 149 Å². The predicted molar refractivity (Wildman–Crippen MR) is 96.0 cm³/mol. The molecule has 2 atom stereocenters. The summed E-state index contributed by atoms with van der Waals surface area (Å²) in [6, 6.07) is 7.89. The van der Waals surface area contributed by atoms with Crippen molar-refractivity contribution in [2.24, 2.45) is 0 Å². The lowest BCUT2D eigenvalue weighted by Gasteiger charge is -2.40. The molecule has 6 nitrogen and oxygen atoms in total. The lowest BCUT2D eigenvalue weighted by molar-refractivity contribution is 0.0792. The third kappa shape index (κ3) is 4.73. The van der Waals surface area contributed by atoms with Gasteiger partial charge in [-0.25, -0.2) is 17.9 Å². The molecule has 2 fully saturated rings. The van der Waals surface area contributed by atoms with Crippen molar-refractivity contribution in [2.45, 2.75) is 50.1 Å². The van der Waals surface area contributed by atoms with Gasteiger partial charge in [-0.15, -0.1) is 0 Å². The molecule has 2 aliphatic rings. The molecule has 1 heterocycles. The van der Waals surface area contributed by atoms with E-state index in [4.69, 9.17) is 4.74 Å². The highest BCUT2D eigenvalue weighted by molar-refractivity contribution is 7.88. The number of hydrogen-bond acceptors (Lipinski definition) is 4. The van der Waals surface area contributed by atoms with Gasteiger partial charge in [0.2, 0.25) is 10.0 Å². The smallest absolute Gasteiger partial charge is 0.409 e. The van der Waals surface area contributed by atoms with Gasteiger partial charge in [-0.2, -0.15) is 0 Å². The summed E-state index contributed by atoms with van der Waals surface area (Å²) in [6.07, 6.45) is 5.31. The van der Waals surface area contributed by atoms with Gasteiger partial charge >= 0.3 is 6.09 Å². The van der Waals surface area contributed by atoms with Crippen molar-refractivity contribution >= 4 is 16.1 Å². The van der Waals surface area contributed by atoms with Crippen LogP contribution in [-0.2, 0) is 21.2 Å². The SMILES string of the molecule is COC(=O)N1CCCC(NS(C)(=O)=O)C1Cc1cccc(C2CC2)c1. The standard InChI is InChI=1S/C18H26N2O4S/c1-24-18(21)20-10-4-7-16(19-25(2,22)23)17(20)12-13-5-3-6-15(11-13)14-8-9-14/h3,5-6,11,14,16-17,19H,4,7-10,12H2,1-2H3. The van der Waals surface area contributed by atoms with Crippen LogP contribution >= 0.6 is 0 Å². The Morgan fingerprint density at radius 2 is 2.08 bits per heavy atom. The summed E-state index contributed by atoms with van der Waals surface area (Å²) in [6.45, 7) is 0.585. The molecule has 0 radical (unpaired) electrons. The number of nitrogens with zero attached hydrogens (tertiary/aromatic N) is 1. The molecule has 25 heavy (non-hydrogen) atoms. The molecule has 2 unspecified atom stereocenters. The van der Waals surface area contributed by atoms with E-state index >= 15 is 0 Å². The van der Waals surface area contributed by atoms with Crippen molar-refractivity contribution < 1.29 is 17.9 Å². The molecule has 1 saturated heterocycles. The quantitative estimate of drug-likeness (QED) is 0.867. The zero-order valence-corrected chi connectivity index (χ0v) is 15.6. The summed E-state index contributed by atoms with van der Waals surface area (Å²) >= 11 is 0. The average molecular weight is 366 g/mol. The predicted octanol–water partition coefficient (Wildman–Crippen LogP) is 2.26. The molecular weight excluding hydrogens is 340 g/mol. The molecule has 3 rings (SSSR count). The minimum atomic E-state index is -3.35. The second-order valence-electron chi connectivity index (χ2n) is 7.09. The minimum absolute atomic E-state index is 0.245. The minimum Gasteiger partial charge on any atom is -0.453 e. The Morgan fingerprint density at radius 3 is 2.72 bits per heavy atom. The van der Waals surface area contributed by atoms with E-state index in [0.29, 0.717) is 25.3 Å². The Balaban J connectivity index is 1.84. The molecule has 1 amide bonds. The number of hydrogen-bond donors (Lipinski definition) is 1. The highest BCUT2D eigenvalue weighted by Gasteiger charge is 2.36. The molecule has 0 spiro atoms. The van der Waals surface area contributed by atoms with Crippen LogP contribution in [0.25, 0.3) is 0 Å². The summed E-state index contributed by atoms with van der Waals surface area (Å²) < 4.78 is 31.1. The van der Waals surface area contributed by atoms with Crippen LogP contribution in [0, 0.1) is 0 Å². The maximum atomic E-state index is 12.2. The monoisotopic (exact) mass is 366 g/mol. The van der Waals surface area contributed by atoms with Gasteiger partial charge < -0.3 is 9.64 Å². The first-order valence-electron chi connectivity index (χ1n) is 8.78. The third-order valence-electron chi connectivity index (χ3n) is 5.00. The van der Waals surface area contributed by atoms with Crippen molar-refractivity contribution in [3.8, 4) is 0 Å². The van der Waals surface area contributed by atoms with Crippen LogP contribution in [-0.4, -0.2) is 51.4 Å². The van der Waals surface area contributed by atoms with Crippen molar-refractivity contribution in [1.29, 1.82) is 0 Å². The molecule has 138 valence electrons. The summed E-state index contributed by atoms with van der Waals surface area (Å²) in [5, 5.41) is 0. The van der Waals surface area contributed by atoms with Crippen molar-refractivity contribution in [3.63, 3.8) is 0 Å². The molecule has 0 bridgehead atoms. The lowest BCUT2D eigenvalue weighted by Crippen LogP contribution is -2.57. The highest BCUT2D eigenvalue weighted by Crippen LogP contribution is 2.40. The van der Waals surface area contributed by atoms with Gasteiger partial charge in [0.1, 0.15) is 0 Å². The van der Waals surface area contributed by atoms with E-state index in [1.807, 2.05) is 12.1 Å². The fourth-order valence-electron chi connectivity index (χ4n) is 3.70. The number of carbonyl (C=O) groups excluding carboxylic acids is 1. The zero-order valence-electron chi connectivity index (χ0n) is 14.8. The van der Waals surface area contributed by atoms with E-state index in [1.54, 1.807) is 4.90 Å². The summed E-state index contributed by atoms with van der Waals surface area (Å²) in [7, 11) is -1.98. The van der Waals surface area contributed by atoms with Crippen LogP contribution in [0.15, 0.2) is 24.3 Å². The number of ether oxygens (including phenoxy) is 1. The zero-order chi connectivity index (χ0) is 18.0. The van der Waals surface area contributed by atoms with Crippen LogP contribution in [0.1, 0.15) is 42.7 Å². The molecule has 1 aromatic carbocycles. The van der Waals surface area contributed by atoms with E-state index < -0.39 is 16.1 Å². The average Bonchev–Trinajstić information content (AvgIpc) is 3.39. The Morgan fingerprint density at radius 1 is 1.32 bits per heavy atom. The molecule has 7 heteroatoms. The van der Waals surface area contributed by atoms with Gasteiger partial charge in [-0.1, -0.05) is 24.3 Å². The van der Waals surface area contributed by atoms with Gasteiger partial charge in [0, 0.05) is 12.6 Å². The number of methoxy groups -OCH3 is 1. The van der Waals surface area contributed by atoms with Gasteiger partial charge in [-0.05, 0) is 49.1 Å². The van der Waals surface area contributed by atoms with Gasteiger partial charge in [0.25, 0.3) is 0 Å². The van der Waals surface area contributed by atoms with Gasteiger partial charge in [0.05, 0.1) is 19.4 Å². The molecule has 1 aliphatic heterocycles. The van der Waals surface area contributed by atoms with E-state index in [9.17, 15) is 13.2 Å². The van der Waals surface area contributed by atoms with Crippen LogP contribution in [0.4, 0.5) is 4.79 Å². The summed E-state index contributed by atoms with van der Waals surface area (Å²) in [5.74, 6) is 0.660. The second kappa shape index (κ2) is 7.33. The lowest BCUT2D eigenvalue weighted by atomic mass is 9.91. The largest absolute Gasteiger partial charge is 0.453 e. The number of likely N-dealkylation sites (tertiary alicyclic amines) is 1. The number of carbonyl (C=O) groups is 1. The maximum Gasteiger partial charge on any atom is 0.409 e. The van der Waals surface area contributed by atoms with Gasteiger partial charge in [0.15, 0.2) is 0 Å². The maximum absolute atomic E-state index is 12.2. The molecule has 1 aromatic rings. The number of amides is 1. The summed E-state index contributed by atoms with van der Waals surface area (Å²) in [4.78, 5) is 13.9.